The van der Waals surface area contributed by atoms with Crippen molar-refractivity contribution in [3.8, 4) is 11.5 Å². The zero-order valence-corrected chi connectivity index (χ0v) is 7.76. The molecule has 11 heavy (non-hydrogen) atoms. The number of methoxy groups -OCH3 is 1. The van der Waals surface area contributed by atoms with Gasteiger partial charge < -0.3 is 9.84 Å². The Morgan fingerprint density at radius 3 is 2.82 bits per heavy atom. The fourth-order valence-electron chi connectivity index (χ4n) is 0.796. The molecule has 60 valence electrons. The van der Waals surface area contributed by atoms with Crippen LogP contribution in [0.1, 0.15) is 5.56 Å². The van der Waals surface area contributed by atoms with E-state index in [1.165, 1.54) is 0 Å². The van der Waals surface area contributed by atoms with Gasteiger partial charge >= 0.3 is 0 Å². The van der Waals surface area contributed by atoms with E-state index in [4.69, 9.17) is 4.74 Å². The Morgan fingerprint density at radius 1 is 1.55 bits per heavy atom. The molecular formula is C8H9BrO2. The molecule has 0 aliphatic heterocycles. The maximum absolute atomic E-state index is 9.24. The molecule has 1 aromatic carbocycles. The van der Waals surface area contributed by atoms with Gasteiger partial charge in [-0.15, -0.1) is 0 Å². The third-order valence-corrected chi connectivity index (χ3v) is 2.03. The topological polar surface area (TPSA) is 29.5 Å². The van der Waals surface area contributed by atoms with Crippen molar-refractivity contribution in [1.82, 2.24) is 0 Å². The van der Waals surface area contributed by atoms with Crippen LogP contribution in [0.25, 0.3) is 0 Å². The van der Waals surface area contributed by atoms with Crippen LogP contribution in [0.15, 0.2) is 18.2 Å². The summed E-state index contributed by atoms with van der Waals surface area (Å²) in [5.74, 6) is 1.06. The van der Waals surface area contributed by atoms with Gasteiger partial charge in [-0.25, -0.2) is 0 Å². The van der Waals surface area contributed by atoms with Crippen molar-refractivity contribution < 1.29 is 9.84 Å². The number of benzene rings is 1. The van der Waals surface area contributed by atoms with Crippen LogP contribution in [0.5, 0.6) is 11.5 Å². The Labute approximate surface area is 73.9 Å². The van der Waals surface area contributed by atoms with E-state index in [1.807, 2.05) is 0 Å². The number of rotatable bonds is 2. The highest BCUT2D eigenvalue weighted by Gasteiger charge is 1.99. The monoisotopic (exact) mass is 216 g/mol. The number of phenolic OH excluding ortho intramolecular Hbond substituents is 1. The molecule has 0 aliphatic carbocycles. The molecule has 0 spiro atoms. The molecule has 0 heterocycles. The first kappa shape index (κ1) is 8.40. The normalized spacial score (nSPS) is 9.64. The van der Waals surface area contributed by atoms with Crippen molar-refractivity contribution in [2.45, 2.75) is 5.33 Å². The second kappa shape index (κ2) is 3.62. The fraction of sp³-hybridized carbons (Fsp3) is 0.250. The van der Waals surface area contributed by atoms with Gasteiger partial charge in [-0.05, 0) is 18.2 Å². The minimum absolute atomic E-state index is 0.294. The lowest BCUT2D eigenvalue weighted by atomic mass is 10.2. The quantitative estimate of drug-likeness (QED) is 0.770. The summed E-state index contributed by atoms with van der Waals surface area (Å²) >= 11 is 3.26. The van der Waals surface area contributed by atoms with Crippen LogP contribution < -0.4 is 4.74 Å². The van der Waals surface area contributed by atoms with Crippen molar-refractivity contribution >= 4 is 15.9 Å². The molecule has 0 atom stereocenters. The van der Waals surface area contributed by atoms with Gasteiger partial charge in [0.05, 0.1) is 7.11 Å². The Bertz CT molecular complexity index is 248. The fourth-order valence-corrected chi connectivity index (χ4v) is 1.25. The van der Waals surface area contributed by atoms with Crippen LogP contribution in [0.3, 0.4) is 0 Å². The van der Waals surface area contributed by atoms with E-state index in [1.54, 1.807) is 25.3 Å². The molecule has 3 heteroatoms. The predicted molar refractivity (Wildman–Crippen MR) is 47.3 cm³/mol. The highest BCUT2D eigenvalue weighted by Crippen LogP contribution is 2.24. The number of ether oxygens (including phenoxy) is 1. The number of hydrogen-bond donors (Lipinski definition) is 1. The standard InChI is InChI=1S/C8H9BrO2/c1-11-7-2-3-8(10)6(4-7)5-9/h2-4,10H,5H2,1H3. The average Bonchev–Trinajstić information content (AvgIpc) is 2.05. The third-order valence-electron chi connectivity index (χ3n) is 1.43. The SMILES string of the molecule is COc1ccc(O)c(CBr)c1. The summed E-state index contributed by atoms with van der Waals surface area (Å²) in [5.41, 5.74) is 0.837. The van der Waals surface area contributed by atoms with Gasteiger partial charge in [0.25, 0.3) is 0 Å². The predicted octanol–water partition coefficient (Wildman–Crippen LogP) is 2.30. The van der Waals surface area contributed by atoms with Gasteiger partial charge in [-0.3, -0.25) is 0 Å². The molecule has 1 rings (SSSR count). The average molecular weight is 217 g/mol. The number of halogens is 1. The summed E-state index contributed by atoms with van der Waals surface area (Å²) in [7, 11) is 1.60. The third kappa shape index (κ3) is 1.87. The van der Waals surface area contributed by atoms with E-state index < -0.39 is 0 Å². The molecule has 0 amide bonds. The number of hydrogen-bond acceptors (Lipinski definition) is 2. The molecule has 1 aromatic rings. The van der Waals surface area contributed by atoms with Gasteiger partial charge in [0.15, 0.2) is 0 Å². The lowest BCUT2D eigenvalue weighted by molar-refractivity contribution is 0.411. The van der Waals surface area contributed by atoms with Crippen LogP contribution in [-0.2, 0) is 5.33 Å². The van der Waals surface area contributed by atoms with E-state index in [9.17, 15) is 5.11 Å². The van der Waals surface area contributed by atoms with Crippen LogP contribution >= 0.6 is 15.9 Å². The highest BCUT2D eigenvalue weighted by molar-refractivity contribution is 9.08. The van der Waals surface area contributed by atoms with E-state index in [-0.39, 0.29) is 0 Å². The van der Waals surface area contributed by atoms with Crippen molar-refractivity contribution in [2.75, 3.05) is 7.11 Å². The second-order valence-corrected chi connectivity index (χ2v) is 2.69. The number of phenols is 1. The molecule has 0 fully saturated rings. The molecule has 0 saturated heterocycles. The Hall–Kier alpha value is -0.700. The summed E-state index contributed by atoms with van der Waals surface area (Å²) in [5, 5.41) is 9.88. The van der Waals surface area contributed by atoms with Crippen LogP contribution in [0, 0.1) is 0 Å². The van der Waals surface area contributed by atoms with Gasteiger partial charge in [0.2, 0.25) is 0 Å². The highest BCUT2D eigenvalue weighted by atomic mass is 79.9. The summed E-state index contributed by atoms with van der Waals surface area (Å²) in [6.45, 7) is 0. The molecule has 1 N–H and O–H groups in total. The first-order chi connectivity index (χ1) is 5.27. The summed E-state index contributed by atoms with van der Waals surface area (Å²) in [6, 6.07) is 5.14. The second-order valence-electron chi connectivity index (χ2n) is 2.13. The summed E-state index contributed by atoms with van der Waals surface area (Å²) in [6.07, 6.45) is 0. The summed E-state index contributed by atoms with van der Waals surface area (Å²) < 4.78 is 4.98. The molecule has 0 aliphatic rings. The summed E-state index contributed by atoms with van der Waals surface area (Å²) in [4.78, 5) is 0. The minimum Gasteiger partial charge on any atom is -0.508 e. The maximum atomic E-state index is 9.24. The maximum Gasteiger partial charge on any atom is 0.119 e. The Balaban J connectivity index is 3.02. The molecule has 0 radical (unpaired) electrons. The van der Waals surface area contributed by atoms with E-state index in [0.29, 0.717) is 11.1 Å². The zero-order valence-electron chi connectivity index (χ0n) is 6.17. The first-order valence-electron chi connectivity index (χ1n) is 3.19. The van der Waals surface area contributed by atoms with Gasteiger partial charge in [-0.2, -0.15) is 0 Å². The lowest BCUT2D eigenvalue weighted by Crippen LogP contribution is -1.84. The zero-order chi connectivity index (χ0) is 8.27. The molecule has 2 nitrogen and oxygen atoms in total. The van der Waals surface area contributed by atoms with E-state index >= 15 is 0 Å². The molecule has 0 bridgehead atoms. The van der Waals surface area contributed by atoms with Crippen LogP contribution in [0.2, 0.25) is 0 Å². The first-order valence-corrected chi connectivity index (χ1v) is 4.32. The smallest absolute Gasteiger partial charge is 0.119 e. The molecule has 0 saturated carbocycles. The molecule has 0 unspecified atom stereocenters. The Kier molecular flexibility index (Phi) is 2.76. The van der Waals surface area contributed by atoms with Crippen molar-refractivity contribution in [1.29, 1.82) is 0 Å². The van der Waals surface area contributed by atoms with Crippen LogP contribution in [0.4, 0.5) is 0 Å². The minimum atomic E-state index is 0.294. The van der Waals surface area contributed by atoms with Gasteiger partial charge in [-0.1, -0.05) is 15.9 Å². The lowest BCUT2D eigenvalue weighted by Gasteiger charge is -2.03. The molecular weight excluding hydrogens is 208 g/mol. The van der Waals surface area contributed by atoms with E-state index in [0.717, 1.165) is 11.3 Å². The van der Waals surface area contributed by atoms with Crippen molar-refractivity contribution in [2.24, 2.45) is 0 Å². The van der Waals surface area contributed by atoms with E-state index in [2.05, 4.69) is 15.9 Å². The van der Waals surface area contributed by atoms with Gasteiger partial charge in [0.1, 0.15) is 11.5 Å². The van der Waals surface area contributed by atoms with Gasteiger partial charge in [0, 0.05) is 10.9 Å². The largest absolute Gasteiger partial charge is 0.508 e. The van der Waals surface area contributed by atoms with Crippen molar-refractivity contribution in [3.63, 3.8) is 0 Å². The van der Waals surface area contributed by atoms with Crippen LogP contribution in [-0.4, -0.2) is 12.2 Å². The Morgan fingerprint density at radius 2 is 2.27 bits per heavy atom. The number of aromatic hydroxyl groups is 1. The molecule has 0 aromatic heterocycles. The number of alkyl halides is 1. The van der Waals surface area contributed by atoms with Crippen molar-refractivity contribution in [3.05, 3.63) is 23.8 Å².